The molecule has 222 valence electrons. The summed E-state index contributed by atoms with van der Waals surface area (Å²) >= 11 is 0. The number of carbonyl (C=O) groups is 1. The van der Waals surface area contributed by atoms with E-state index in [1.165, 1.54) is 110 Å². The molecule has 0 aromatic carbocycles. The Bertz CT molecular complexity index is 880. The number of nitrogens with zero attached hydrogens (tertiary/aromatic N) is 2. The molecule has 0 bridgehead atoms. The van der Waals surface area contributed by atoms with E-state index in [4.69, 9.17) is 4.74 Å². The molecule has 2 aliphatic heterocycles. The Morgan fingerprint density at radius 2 is 1.62 bits per heavy atom. The molecule has 0 radical (unpaired) electrons. The van der Waals surface area contributed by atoms with Crippen LogP contribution in [0, 0.1) is 34.5 Å². The van der Waals surface area contributed by atoms with Crippen LogP contribution in [0.25, 0.3) is 0 Å². The third kappa shape index (κ3) is 4.83. The number of aliphatic hydroxyl groups excluding tert-OH is 1. The number of esters is 1. The van der Waals surface area contributed by atoms with Crippen LogP contribution in [-0.2, 0) is 9.53 Å². The summed E-state index contributed by atoms with van der Waals surface area (Å²) in [6.07, 6.45) is 18.2. The van der Waals surface area contributed by atoms with E-state index in [0.29, 0.717) is 35.8 Å². The quantitative estimate of drug-likeness (QED) is 0.340. The molecule has 10 atom stereocenters. The van der Waals surface area contributed by atoms with Crippen LogP contribution in [-0.4, -0.2) is 78.0 Å². The van der Waals surface area contributed by atoms with Crippen LogP contribution >= 0.6 is 0 Å². The number of fused-ring (bicyclic) bond motifs is 5. The van der Waals surface area contributed by atoms with Crippen molar-refractivity contribution in [2.45, 2.75) is 141 Å². The molecule has 5 heteroatoms. The fourth-order valence-corrected chi connectivity index (χ4v) is 11.6. The van der Waals surface area contributed by atoms with Gasteiger partial charge in [-0.05, 0) is 119 Å². The van der Waals surface area contributed by atoms with Crippen LogP contribution in [0.3, 0.4) is 0 Å². The van der Waals surface area contributed by atoms with E-state index in [-0.39, 0.29) is 23.6 Å². The van der Waals surface area contributed by atoms with Crippen molar-refractivity contribution < 1.29 is 19.1 Å². The van der Waals surface area contributed by atoms with Crippen LogP contribution in [0.15, 0.2) is 0 Å². The summed E-state index contributed by atoms with van der Waals surface area (Å²) in [4.78, 5) is 15.5. The highest BCUT2D eigenvalue weighted by Crippen LogP contribution is 2.67. The number of ether oxygens (including phenoxy) is 1. The molecule has 4 aliphatic carbocycles. The molecule has 0 aromatic heterocycles. The molecule has 39 heavy (non-hydrogen) atoms. The molecule has 5 nitrogen and oxygen atoms in total. The van der Waals surface area contributed by atoms with E-state index in [1.54, 1.807) is 0 Å². The highest BCUT2D eigenvalue weighted by molar-refractivity contribution is 5.69. The molecule has 3 unspecified atom stereocenters. The third-order valence-electron chi connectivity index (χ3n) is 13.9. The molecule has 2 saturated heterocycles. The SMILES string of the molecule is CCC(=O)O[C@H]1[C@@H]([N+]2(C)CCCCCC2)CC2C3CC[C@H]4C[C@H](O)[C@@H](N5CCCCC5)C[C@]4(C)C3CC[C@@]21C. The lowest BCUT2D eigenvalue weighted by Crippen LogP contribution is -2.61. The normalized spacial score (nSPS) is 48.3. The minimum Gasteiger partial charge on any atom is -0.455 e. The van der Waals surface area contributed by atoms with Crippen molar-refractivity contribution in [2.24, 2.45) is 34.5 Å². The average molecular weight is 544 g/mol. The minimum atomic E-state index is -0.146. The fraction of sp³-hybridized carbons (Fsp3) is 0.971. The fourth-order valence-electron chi connectivity index (χ4n) is 11.6. The molecule has 0 amide bonds. The molecule has 2 heterocycles. The van der Waals surface area contributed by atoms with E-state index >= 15 is 0 Å². The number of quaternary nitrogens is 1. The molecule has 0 spiro atoms. The zero-order valence-corrected chi connectivity index (χ0v) is 25.7. The molecule has 0 aromatic rings. The topological polar surface area (TPSA) is 49.8 Å². The highest BCUT2D eigenvalue weighted by atomic mass is 16.5. The first-order valence-corrected chi connectivity index (χ1v) is 17.2. The number of aliphatic hydroxyl groups is 1. The van der Waals surface area contributed by atoms with Gasteiger partial charge in [0, 0.05) is 24.3 Å². The van der Waals surface area contributed by atoms with Gasteiger partial charge < -0.3 is 14.3 Å². The summed E-state index contributed by atoms with van der Waals surface area (Å²) in [5, 5.41) is 11.3. The predicted molar refractivity (Wildman–Crippen MR) is 156 cm³/mol. The van der Waals surface area contributed by atoms with Crippen molar-refractivity contribution in [1.29, 1.82) is 0 Å². The predicted octanol–water partition coefficient (Wildman–Crippen LogP) is 6.18. The minimum absolute atomic E-state index is 0.0109. The Morgan fingerprint density at radius 1 is 0.923 bits per heavy atom. The highest BCUT2D eigenvalue weighted by Gasteiger charge is 2.67. The monoisotopic (exact) mass is 543 g/mol. The second-order valence-corrected chi connectivity index (χ2v) is 15.8. The van der Waals surface area contributed by atoms with Crippen molar-refractivity contribution in [1.82, 2.24) is 4.90 Å². The van der Waals surface area contributed by atoms with Gasteiger partial charge in [0.15, 0.2) is 6.10 Å². The van der Waals surface area contributed by atoms with Crippen LogP contribution in [0.2, 0.25) is 0 Å². The Hall–Kier alpha value is -0.650. The lowest BCUT2D eigenvalue weighted by molar-refractivity contribution is -0.935. The Morgan fingerprint density at radius 3 is 2.31 bits per heavy atom. The number of piperidine rings is 1. The second-order valence-electron chi connectivity index (χ2n) is 15.8. The number of hydrogen-bond donors (Lipinski definition) is 1. The average Bonchev–Trinajstić information content (AvgIpc) is 3.06. The smallest absolute Gasteiger partial charge is 0.306 e. The van der Waals surface area contributed by atoms with Gasteiger partial charge in [-0.1, -0.05) is 27.2 Å². The lowest BCUT2D eigenvalue weighted by Gasteiger charge is -2.62. The molecule has 4 saturated carbocycles. The maximum absolute atomic E-state index is 12.9. The first kappa shape index (κ1) is 28.5. The van der Waals surface area contributed by atoms with E-state index < -0.39 is 0 Å². The second kappa shape index (κ2) is 10.9. The molecule has 6 fully saturated rings. The van der Waals surface area contributed by atoms with Gasteiger partial charge in [0.05, 0.1) is 26.2 Å². The summed E-state index contributed by atoms with van der Waals surface area (Å²) in [6, 6.07) is 0.807. The van der Waals surface area contributed by atoms with Gasteiger partial charge in [0.2, 0.25) is 0 Å². The standard InChI is InChI=1S/C34H59N2O3/c1-5-31(38)39-32-29(36(4)19-11-6-7-12-20-36)22-27-25-14-13-24-21-30(37)28(35-17-9-8-10-18-35)23-34(24,3)26(25)15-16-33(27,32)2/h24-30,32,37H,5-23H2,1-4H3/q+1/t24-,25?,26?,27?,28-,29-,30-,32-,33-,34-/m0/s1. The van der Waals surface area contributed by atoms with Crippen LogP contribution in [0.5, 0.6) is 0 Å². The summed E-state index contributed by atoms with van der Waals surface area (Å²) in [6.45, 7) is 12.0. The van der Waals surface area contributed by atoms with E-state index in [2.05, 4.69) is 25.8 Å². The molecule has 1 N–H and O–H groups in total. The van der Waals surface area contributed by atoms with Gasteiger partial charge in [0.25, 0.3) is 0 Å². The largest absolute Gasteiger partial charge is 0.455 e. The van der Waals surface area contributed by atoms with Crippen molar-refractivity contribution >= 4 is 5.97 Å². The zero-order valence-electron chi connectivity index (χ0n) is 25.7. The van der Waals surface area contributed by atoms with Crippen molar-refractivity contribution in [2.75, 3.05) is 33.2 Å². The van der Waals surface area contributed by atoms with Crippen LogP contribution in [0.1, 0.15) is 117 Å². The van der Waals surface area contributed by atoms with E-state index in [9.17, 15) is 9.90 Å². The van der Waals surface area contributed by atoms with Gasteiger partial charge in [0.1, 0.15) is 6.04 Å². The number of hydrogen-bond acceptors (Lipinski definition) is 4. The van der Waals surface area contributed by atoms with Gasteiger partial charge in [-0.2, -0.15) is 0 Å². The lowest BCUT2D eigenvalue weighted by atomic mass is 9.44. The summed E-state index contributed by atoms with van der Waals surface area (Å²) in [7, 11) is 2.50. The van der Waals surface area contributed by atoms with Crippen LogP contribution in [0.4, 0.5) is 0 Å². The molecule has 6 aliphatic rings. The van der Waals surface area contributed by atoms with Crippen LogP contribution < -0.4 is 0 Å². The Labute approximate surface area is 239 Å². The number of likely N-dealkylation sites (tertiary alicyclic amines) is 2. The van der Waals surface area contributed by atoms with Gasteiger partial charge in [-0.3, -0.25) is 9.69 Å². The van der Waals surface area contributed by atoms with Gasteiger partial charge >= 0.3 is 5.97 Å². The Balaban J connectivity index is 1.29. The number of carbonyl (C=O) groups excluding carboxylic acids is 1. The molecular weight excluding hydrogens is 484 g/mol. The van der Waals surface area contributed by atoms with Crippen molar-refractivity contribution in [3.8, 4) is 0 Å². The van der Waals surface area contributed by atoms with Gasteiger partial charge in [-0.15, -0.1) is 0 Å². The molecule has 6 rings (SSSR count). The van der Waals surface area contributed by atoms with Gasteiger partial charge in [-0.25, -0.2) is 0 Å². The first-order chi connectivity index (χ1) is 18.7. The third-order valence-corrected chi connectivity index (χ3v) is 13.9. The van der Waals surface area contributed by atoms with Crippen molar-refractivity contribution in [3.05, 3.63) is 0 Å². The molecular formula is C34H59N2O3+. The Kier molecular flexibility index (Phi) is 7.94. The zero-order chi connectivity index (χ0) is 27.4. The first-order valence-electron chi connectivity index (χ1n) is 17.2. The van der Waals surface area contributed by atoms with Crippen molar-refractivity contribution in [3.63, 3.8) is 0 Å². The number of likely N-dealkylation sites (N-methyl/N-ethyl adjacent to an activating group) is 1. The number of rotatable bonds is 4. The summed E-state index contributed by atoms with van der Waals surface area (Å²) in [5.41, 5.74) is 0.439. The summed E-state index contributed by atoms with van der Waals surface area (Å²) < 4.78 is 7.65. The maximum Gasteiger partial charge on any atom is 0.306 e. The summed E-state index contributed by atoms with van der Waals surface area (Å²) in [5.74, 6) is 2.84. The maximum atomic E-state index is 12.9. The van der Waals surface area contributed by atoms with E-state index in [1.807, 2.05) is 6.92 Å². The van der Waals surface area contributed by atoms with E-state index in [0.717, 1.165) is 22.7 Å².